The summed E-state index contributed by atoms with van der Waals surface area (Å²) in [7, 11) is 1.35. The van der Waals surface area contributed by atoms with E-state index in [9.17, 15) is 14.0 Å². The highest BCUT2D eigenvalue weighted by Gasteiger charge is 2.24. The molecule has 7 heteroatoms. The van der Waals surface area contributed by atoms with Crippen molar-refractivity contribution in [3.63, 3.8) is 0 Å². The number of hydrogen-bond donors (Lipinski definition) is 0. The fraction of sp³-hybridized carbons (Fsp3) is 0.250. The SMILES string of the molecule is CCc1ccc(OCc2ccc(F)cc2)c(-c2ccc(C)n2-c2cc(C(=O)OC)cc(N3CCCC3=O)c2)c1. The number of amides is 1. The summed E-state index contributed by atoms with van der Waals surface area (Å²) < 4.78 is 26.7. The minimum absolute atomic E-state index is 0.0412. The van der Waals surface area contributed by atoms with Gasteiger partial charge in [0.1, 0.15) is 18.2 Å². The number of carbonyl (C=O) groups is 2. The molecule has 6 nitrogen and oxygen atoms in total. The number of anilines is 1. The molecule has 0 radical (unpaired) electrons. The number of aryl methyl sites for hydroxylation is 2. The zero-order valence-electron chi connectivity index (χ0n) is 22.4. The highest BCUT2D eigenvalue weighted by atomic mass is 19.1. The van der Waals surface area contributed by atoms with Crippen LogP contribution >= 0.6 is 0 Å². The summed E-state index contributed by atoms with van der Waals surface area (Å²) in [6, 6.07) is 21.9. The van der Waals surface area contributed by atoms with Crippen molar-refractivity contribution in [2.75, 3.05) is 18.6 Å². The lowest BCUT2D eigenvalue weighted by Gasteiger charge is -2.21. The standard InChI is InChI=1S/C32H31FN2O4/c1-4-22-10-14-30(39-20-23-8-11-25(33)12-9-23)28(16-22)29-13-7-21(2)35(29)27-18-24(32(37)38-3)17-26(19-27)34-15-5-6-31(34)36/h7-14,16-19H,4-6,15,20H2,1-3H3. The first kappa shape index (κ1) is 26.2. The minimum Gasteiger partial charge on any atom is -0.488 e. The van der Waals surface area contributed by atoms with E-state index in [1.807, 2.05) is 37.3 Å². The van der Waals surface area contributed by atoms with E-state index < -0.39 is 5.97 Å². The first-order chi connectivity index (χ1) is 18.9. The number of carbonyl (C=O) groups excluding carboxylic acids is 2. The number of methoxy groups -OCH3 is 1. The second-order valence-electron chi connectivity index (χ2n) is 9.67. The topological polar surface area (TPSA) is 60.8 Å². The molecule has 1 aliphatic rings. The summed E-state index contributed by atoms with van der Waals surface area (Å²) in [6.45, 7) is 5.00. The first-order valence-corrected chi connectivity index (χ1v) is 13.1. The highest BCUT2D eigenvalue weighted by Crippen LogP contribution is 2.36. The van der Waals surface area contributed by atoms with Crippen LogP contribution in [0.2, 0.25) is 0 Å². The third-order valence-electron chi connectivity index (χ3n) is 7.08. The number of ether oxygens (including phenoxy) is 2. The van der Waals surface area contributed by atoms with Crippen molar-refractivity contribution in [1.82, 2.24) is 4.57 Å². The maximum atomic E-state index is 13.4. The van der Waals surface area contributed by atoms with Gasteiger partial charge in [0.05, 0.1) is 18.4 Å². The largest absolute Gasteiger partial charge is 0.488 e. The lowest BCUT2D eigenvalue weighted by atomic mass is 10.0. The van der Waals surface area contributed by atoms with E-state index in [1.165, 1.54) is 19.2 Å². The summed E-state index contributed by atoms with van der Waals surface area (Å²) in [5.41, 5.74) is 6.54. The van der Waals surface area contributed by atoms with Gasteiger partial charge in [0.15, 0.2) is 0 Å². The summed E-state index contributed by atoms with van der Waals surface area (Å²) in [4.78, 5) is 26.9. The summed E-state index contributed by atoms with van der Waals surface area (Å²) in [5, 5.41) is 0. The predicted octanol–water partition coefficient (Wildman–Crippen LogP) is 6.65. The maximum absolute atomic E-state index is 13.4. The molecule has 1 saturated heterocycles. The van der Waals surface area contributed by atoms with E-state index in [2.05, 4.69) is 17.6 Å². The van der Waals surface area contributed by atoms with Crippen LogP contribution in [0.15, 0.2) is 72.8 Å². The average molecular weight is 527 g/mol. The van der Waals surface area contributed by atoms with Gasteiger partial charge in [-0.2, -0.15) is 0 Å². The van der Waals surface area contributed by atoms with Crippen molar-refractivity contribution in [1.29, 1.82) is 0 Å². The molecule has 1 amide bonds. The Kier molecular flexibility index (Phi) is 7.50. The Hall–Kier alpha value is -4.39. The number of nitrogens with zero attached hydrogens (tertiary/aromatic N) is 2. The van der Waals surface area contributed by atoms with Gasteiger partial charge in [0, 0.05) is 35.6 Å². The van der Waals surface area contributed by atoms with Crippen molar-refractivity contribution in [3.05, 3.63) is 101 Å². The Morgan fingerprint density at radius 3 is 2.38 bits per heavy atom. The average Bonchev–Trinajstić information content (AvgIpc) is 3.57. The van der Waals surface area contributed by atoms with Crippen molar-refractivity contribution in [2.24, 2.45) is 0 Å². The van der Waals surface area contributed by atoms with Gasteiger partial charge in [-0.1, -0.05) is 25.1 Å². The van der Waals surface area contributed by atoms with E-state index in [1.54, 1.807) is 29.2 Å². The van der Waals surface area contributed by atoms with Crippen molar-refractivity contribution < 1.29 is 23.5 Å². The summed E-state index contributed by atoms with van der Waals surface area (Å²) in [5.74, 6) is -0.0221. The molecule has 1 aromatic heterocycles. The van der Waals surface area contributed by atoms with Crippen LogP contribution in [0.4, 0.5) is 10.1 Å². The third kappa shape index (κ3) is 5.43. The van der Waals surface area contributed by atoms with Gasteiger partial charge in [-0.05, 0) is 85.5 Å². The minimum atomic E-state index is -0.465. The van der Waals surface area contributed by atoms with Crippen LogP contribution in [0.3, 0.4) is 0 Å². The number of esters is 1. The monoisotopic (exact) mass is 526 g/mol. The van der Waals surface area contributed by atoms with Crippen LogP contribution in [0.1, 0.15) is 46.9 Å². The molecule has 0 N–H and O–H groups in total. The second kappa shape index (κ2) is 11.2. The zero-order valence-corrected chi connectivity index (χ0v) is 22.4. The Labute approximate surface area is 227 Å². The normalized spacial score (nSPS) is 13.1. The molecule has 0 atom stereocenters. The number of halogens is 1. The number of hydrogen-bond acceptors (Lipinski definition) is 4. The second-order valence-corrected chi connectivity index (χ2v) is 9.67. The van der Waals surface area contributed by atoms with E-state index in [-0.39, 0.29) is 18.3 Å². The van der Waals surface area contributed by atoms with E-state index >= 15 is 0 Å². The Balaban J connectivity index is 1.61. The van der Waals surface area contributed by atoms with Crippen molar-refractivity contribution in [3.8, 4) is 22.7 Å². The molecular formula is C32H31FN2O4. The molecule has 0 bridgehead atoms. The van der Waals surface area contributed by atoms with Crippen LogP contribution in [-0.2, 0) is 22.6 Å². The molecule has 4 aromatic rings. The Morgan fingerprint density at radius 1 is 0.949 bits per heavy atom. The van der Waals surface area contributed by atoms with E-state index in [0.29, 0.717) is 30.0 Å². The Bertz CT molecular complexity index is 1520. The van der Waals surface area contributed by atoms with Crippen LogP contribution < -0.4 is 9.64 Å². The molecule has 39 heavy (non-hydrogen) atoms. The van der Waals surface area contributed by atoms with E-state index in [4.69, 9.17) is 9.47 Å². The van der Waals surface area contributed by atoms with Gasteiger partial charge in [0.2, 0.25) is 5.91 Å². The van der Waals surface area contributed by atoms with Gasteiger partial charge < -0.3 is 18.9 Å². The lowest BCUT2D eigenvalue weighted by molar-refractivity contribution is -0.117. The van der Waals surface area contributed by atoms with Gasteiger partial charge in [-0.3, -0.25) is 4.79 Å². The summed E-state index contributed by atoms with van der Waals surface area (Å²) >= 11 is 0. The smallest absolute Gasteiger partial charge is 0.337 e. The zero-order chi connectivity index (χ0) is 27.5. The van der Waals surface area contributed by atoms with Crippen LogP contribution in [0.25, 0.3) is 16.9 Å². The summed E-state index contributed by atoms with van der Waals surface area (Å²) in [6.07, 6.45) is 2.12. The molecule has 1 aliphatic heterocycles. The van der Waals surface area contributed by atoms with Crippen LogP contribution in [-0.4, -0.2) is 30.1 Å². The maximum Gasteiger partial charge on any atom is 0.337 e. The number of rotatable bonds is 8. The Morgan fingerprint density at radius 2 is 1.69 bits per heavy atom. The third-order valence-corrected chi connectivity index (χ3v) is 7.08. The van der Waals surface area contributed by atoms with Gasteiger partial charge in [0.25, 0.3) is 0 Å². The molecule has 2 heterocycles. The number of benzene rings is 3. The molecule has 5 rings (SSSR count). The molecule has 0 saturated carbocycles. The van der Waals surface area contributed by atoms with Crippen molar-refractivity contribution in [2.45, 2.75) is 39.7 Å². The molecule has 1 fully saturated rings. The van der Waals surface area contributed by atoms with Crippen LogP contribution in [0.5, 0.6) is 5.75 Å². The fourth-order valence-corrected chi connectivity index (χ4v) is 4.99. The quantitative estimate of drug-likeness (QED) is 0.241. The molecule has 0 aliphatic carbocycles. The predicted molar refractivity (Wildman–Crippen MR) is 149 cm³/mol. The lowest BCUT2D eigenvalue weighted by Crippen LogP contribution is -2.24. The van der Waals surface area contributed by atoms with Gasteiger partial charge in [-0.15, -0.1) is 0 Å². The van der Waals surface area contributed by atoms with Crippen LogP contribution in [0, 0.1) is 12.7 Å². The number of aromatic nitrogens is 1. The molecule has 0 spiro atoms. The molecule has 200 valence electrons. The first-order valence-electron chi connectivity index (χ1n) is 13.1. The van der Waals surface area contributed by atoms with E-state index in [0.717, 1.165) is 46.6 Å². The fourth-order valence-electron chi connectivity index (χ4n) is 4.99. The highest BCUT2D eigenvalue weighted by molar-refractivity contribution is 5.98. The van der Waals surface area contributed by atoms with Crippen molar-refractivity contribution >= 4 is 17.6 Å². The molecular weight excluding hydrogens is 495 g/mol. The van der Waals surface area contributed by atoms with Gasteiger partial charge in [-0.25, -0.2) is 9.18 Å². The molecule has 0 unspecified atom stereocenters. The van der Waals surface area contributed by atoms with Gasteiger partial charge >= 0.3 is 5.97 Å². The molecule has 3 aromatic carbocycles.